The van der Waals surface area contributed by atoms with E-state index in [-0.39, 0.29) is 10.6 Å². The Balaban J connectivity index is 1.74. The number of carboxylic acids is 1. The third-order valence-corrected chi connectivity index (χ3v) is 6.77. The van der Waals surface area contributed by atoms with Crippen LogP contribution in [0.1, 0.15) is 40.9 Å². The fourth-order valence-electron chi connectivity index (χ4n) is 3.85. The average Bonchev–Trinajstić information content (AvgIpc) is 2.94. The second kappa shape index (κ2) is 7.65. The van der Waals surface area contributed by atoms with Gasteiger partial charge in [-0.25, -0.2) is 13.2 Å². The lowest BCUT2D eigenvalue weighted by Gasteiger charge is -2.26. The van der Waals surface area contributed by atoms with Gasteiger partial charge < -0.3 is 15.0 Å². The topological polar surface area (TPSA) is 88.4 Å². The number of hydrogen-bond donors (Lipinski definition) is 2. The molecule has 3 aromatic rings. The number of nitrogens with one attached hydrogen (secondary N) is 1. The number of carboxylic acid groups (broad SMARTS) is 1. The van der Waals surface area contributed by atoms with E-state index in [0.717, 1.165) is 34.9 Å². The summed E-state index contributed by atoms with van der Waals surface area (Å²) in [5, 5.41) is 14.4. The van der Waals surface area contributed by atoms with Crippen LogP contribution in [0.4, 0.5) is 0 Å². The highest BCUT2D eigenvalue weighted by molar-refractivity contribution is 7.90. The van der Waals surface area contributed by atoms with Crippen molar-refractivity contribution >= 4 is 26.7 Å². The Morgan fingerprint density at radius 2 is 1.83 bits per heavy atom. The Labute approximate surface area is 170 Å². The molecule has 0 spiro atoms. The Hall–Kier alpha value is -2.64. The Bertz CT molecular complexity index is 1160. The molecule has 4 rings (SSSR count). The lowest BCUT2D eigenvalue weighted by Crippen LogP contribution is -2.34. The molecule has 0 atom stereocenters. The van der Waals surface area contributed by atoms with Crippen LogP contribution < -0.4 is 5.32 Å². The molecule has 0 radical (unpaired) electrons. The second-order valence-corrected chi connectivity index (χ2v) is 9.68. The van der Waals surface area contributed by atoms with E-state index in [4.69, 9.17) is 0 Å². The van der Waals surface area contributed by atoms with Gasteiger partial charge in [0.15, 0.2) is 9.84 Å². The molecular weight excluding hydrogens is 388 g/mol. The molecule has 0 amide bonds. The lowest BCUT2D eigenvalue weighted by atomic mass is 9.93. The van der Waals surface area contributed by atoms with Gasteiger partial charge in [0, 0.05) is 41.9 Å². The first-order valence-corrected chi connectivity index (χ1v) is 11.6. The van der Waals surface area contributed by atoms with Crippen molar-refractivity contribution in [3.05, 3.63) is 65.4 Å². The molecule has 0 bridgehead atoms. The van der Waals surface area contributed by atoms with Crippen LogP contribution in [0.3, 0.4) is 0 Å². The summed E-state index contributed by atoms with van der Waals surface area (Å²) < 4.78 is 25.2. The number of sulfone groups is 1. The molecule has 1 aliphatic carbocycles. The van der Waals surface area contributed by atoms with E-state index in [2.05, 4.69) is 5.32 Å². The molecule has 1 aromatic heterocycles. The van der Waals surface area contributed by atoms with Crippen LogP contribution in [0.2, 0.25) is 0 Å². The van der Waals surface area contributed by atoms with E-state index >= 15 is 0 Å². The minimum atomic E-state index is -3.27. The van der Waals surface area contributed by atoms with Crippen LogP contribution in [-0.2, 0) is 22.9 Å². The molecule has 0 saturated heterocycles. The normalized spacial score (nSPS) is 14.8. The highest BCUT2D eigenvalue weighted by Crippen LogP contribution is 2.29. The van der Waals surface area contributed by atoms with Gasteiger partial charge in [-0.1, -0.05) is 36.8 Å². The van der Waals surface area contributed by atoms with Gasteiger partial charge in [0.2, 0.25) is 0 Å². The van der Waals surface area contributed by atoms with Crippen LogP contribution in [0.5, 0.6) is 0 Å². The largest absolute Gasteiger partial charge is 0.477 e. The zero-order valence-electron chi connectivity index (χ0n) is 16.3. The number of para-hydroxylation sites is 1. The summed E-state index contributed by atoms with van der Waals surface area (Å²) in [4.78, 5) is 12.4. The molecule has 1 heterocycles. The van der Waals surface area contributed by atoms with Crippen molar-refractivity contribution in [3.8, 4) is 0 Å². The van der Waals surface area contributed by atoms with E-state index in [9.17, 15) is 18.3 Å². The summed E-state index contributed by atoms with van der Waals surface area (Å²) >= 11 is 0. The summed E-state index contributed by atoms with van der Waals surface area (Å²) in [5.74, 6) is -0.959. The molecule has 29 heavy (non-hydrogen) atoms. The molecule has 0 aliphatic heterocycles. The zero-order chi connectivity index (χ0) is 20.6. The number of benzene rings is 2. The number of aromatic nitrogens is 1. The van der Waals surface area contributed by atoms with Crippen molar-refractivity contribution in [1.82, 2.24) is 9.88 Å². The van der Waals surface area contributed by atoms with Crippen molar-refractivity contribution < 1.29 is 18.3 Å². The number of rotatable bonds is 7. The summed E-state index contributed by atoms with van der Waals surface area (Å²) in [6, 6.07) is 14.8. The summed E-state index contributed by atoms with van der Waals surface area (Å²) in [6.45, 7) is 0.877. The molecule has 1 fully saturated rings. The van der Waals surface area contributed by atoms with Crippen molar-refractivity contribution in [2.75, 3.05) is 6.26 Å². The second-order valence-electron chi connectivity index (χ2n) is 7.66. The smallest absolute Gasteiger partial charge is 0.352 e. The number of fused-ring (bicyclic) bond motifs is 1. The molecule has 2 N–H and O–H groups in total. The van der Waals surface area contributed by atoms with Crippen molar-refractivity contribution in [3.63, 3.8) is 0 Å². The fourth-order valence-corrected chi connectivity index (χ4v) is 4.48. The van der Waals surface area contributed by atoms with Crippen LogP contribution >= 0.6 is 0 Å². The van der Waals surface area contributed by atoms with Crippen molar-refractivity contribution in [2.45, 2.75) is 43.3 Å². The Morgan fingerprint density at radius 3 is 2.41 bits per heavy atom. The van der Waals surface area contributed by atoms with Crippen LogP contribution in [-0.4, -0.2) is 36.4 Å². The fraction of sp³-hybridized carbons (Fsp3) is 0.318. The lowest BCUT2D eigenvalue weighted by molar-refractivity contribution is 0.0684. The van der Waals surface area contributed by atoms with E-state index in [0.29, 0.717) is 19.1 Å². The summed E-state index contributed by atoms with van der Waals surface area (Å²) in [6.07, 6.45) is 4.65. The Morgan fingerprint density at radius 1 is 1.14 bits per heavy atom. The van der Waals surface area contributed by atoms with Gasteiger partial charge in [-0.2, -0.15) is 0 Å². The molecule has 152 valence electrons. The van der Waals surface area contributed by atoms with Gasteiger partial charge in [-0.15, -0.1) is 0 Å². The van der Waals surface area contributed by atoms with E-state index < -0.39 is 15.8 Å². The van der Waals surface area contributed by atoms with Crippen molar-refractivity contribution in [2.24, 2.45) is 0 Å². The molecular formula is C22H24N2O4S. The van der Waals surface area contributed by atoms with Crippen molar-refractivity contribution in [1.29, 1.82) is 0 Å². The monoisotopic (exact) mass is 412 g/mol. The van der Waals surface area contributed by atoms with E-state index in [1.165, 1.54) is 12.7 Å². The SMILES string of the molecule is CS(=O)(=O)c1ccc(Cn2c(C(=O)O)c(CNC3CCC3)c3ccccc32)cc1. The van der Waals surface area contributed by atoms with Crippen LogP contribution in [0.15, 0.2) is 53.4 Å². The van der Waals surface area contributed by atoms with Gasteiger partial charge in [0.05, 0.1) is 4.90 Å². The molecule has 7 heteroatoms. The maximum atomic E-state index is 12.2. The number of carbonyl (C=O) groups is 1. The third-order valence-electron chi connectivity index (χ3n) is 5.64. The van der Waals surface area contributed by atoms with Crippen LogP contribution in [0, 0.1) is 0 Å². The number of hydrogen-bond acceptors (Lipinski definition) is 4. The van der Waals surface area contributed by atoms with Gasteiger partial charge in [-0.3, -0.25) is 0 Å². The van der Waals surface area contributed by atoms with Gasteiger partial charge >= 0.3 is 5.97 Å². The number of aromatic carboxylic acids is 1. The van der Waals surface area contributed by atoms with E-state index in [1.54, 1.807) is 24.3 Å². The molecule has 1 saturated carbocycles. The molecule has 0 unspecified atom stereocenters. The first kappa shape index (κ1) is 19.7. The maximum Gasteiger partial charge on any atom is 0.352 e. The summed E-state index contributed by atoms with van der Waals surface area (Å²) in [7, 11) is -3.27. The summed E-state index contributed by atoms with van der Waals surface area (Å²) in [5.41, 5.74) is 2.79. The average molecular weight is 413 g/mol. The van der Waals surface area contributed by atoms with Gasteiger partial charge in [-0.05, 0) is 36.6 Å². The van der Waals surface area contributed by atoms with Gasteiger partial charge in [0.25, 0.3) is 0 Å². The minimum absolute atomic E-state index is 0.252. The standard InChI is InChI=1S/C22H24N2O4S/c1-29(27,28)17-11-9-15(10-12-17)14-24-20-8-3-2-7-18(20)19(21(24)22(25)26)13-23-16-5-4-6-16/h2-3,7-12,16,23H,4-6,13-14H2,1H3,(H,25,26). The first-order valence-electron chi connectivity index (χ1n) is 9.70. The minimum Gasteiger partial charge on any atom is -0.477 e. The predicted molar refractivity (Wildman–Crippen MR) is 112 cm³/mol. The molecule has 2 aromatic carbocycles. The number of nitrogens with zero attached hydrogens (tertiary/aromatic N) is 1. The van der Waals surface area contributed by atoms with Crippen LogP contribution in [0.25, 0.3) is 10.9 Å². The maximum absolute atomic E-state index is 12.2. The molecule has 1 aliphatic rings. The highest BCUT2D eigenvalue weighted by Gasteiger charge is 2.24. The highest BCUT2D eigenvalue weighted by atomic mass is 32.2. The van der Waals surface area contributed by atoms with E-state index in [1.807, 2.05) is 28.8 Å². The predicted octanol–water partition coefficient (Wildman–Crippen LogP) is 3.43. The quantitative estimate of drug-likeness (QED) is 0.621. The van der Waals surface area contributed by atoms with Gasteiger partial charge in [0.1, 0.15) is 5.69 Å². The molecule has 6 nitrogen and oxygen atoms in total. The zero-order valence-corrected chi connectivity index (χ0v) is 17.1. The Kier molecular flexibility index (Phi) is 5.19. The third kappa shape index (κ3) is 3.93. The first-order chi connectivity index (χ1) is 13.8.